The Balaban J connectivity index is 3.68. The summed E-state index contributed by atoms with van der Waals surface area (Å²) in [5, 5.41) is 0. The lowest BCUT2D eigenvalue weighted by Gasteiger charge is -2.21. The summed E-state index contributed by atoms with van der Waals surface area (Å²) < 4.78 is 0. The molecular formula is C18H38. The molecule has 0 saturated carbocycles. The van der Waals surface area contributed by atoms with E-state index in [1.165, 1.54) is 51.4 Å². The molecule has 0 aromatic carbocycles. The predicted molar refractivity (Wildman–Crippen MR) is 84.9 cm³/mol. The average Bonchev–Trinajstić information content (AvgIpc) is 2.33. The molecule has 0 spiro atoms. The van der Waals surface area contributed by atoms with Crippen LogP contribution in [-0.4, -0.2) is 0 Å². The van der Waals surface area contributed by atoms with Crippen LogP contribution in [0.4, 0.5) is 0 Å². The van der Waals surface area contributed by atoms with E-state index >= 15 is 0 Å². The molecule has 0 rings (SSSR count). The molecular weight excluding hydrogens is 216 g/mol. The minimum absolute atomic E-state index is 0.848. The van der Waals surface area contributed by atoms with Crippen LogP contribution in [0.15, 0.2) is 0 Å². The van der Waals surface area contributed by atoms with Gasteiger partial charge in [-0.3, -0.25) is 0 Å². The first-order valence-electron chi connectivity index (χ1n) is 8.51. The maximum Gasteiger partial charge on any atom is -0.0417 e. The van der Waals surface area contributed by atoms with Crippen molar-refractivity contribution in [3.8, 4) is 0 Å². The summed E-state index contributed by atoms with van der Waals surface area (Å²) in [4.78, 5) is 0. The van der Waals surface area contributed by atoms with Crippen molar-refractivity contribution in [3.05, 3.63) is 0 Å². The third-order valence-electron chi connectivity index (χ3n) is 4.76. The van der Waals surface area contributed by atoms with Crippen molar-refractivity contribution in [2.24, 2.45) is 23.7 Å². The minimum Gasteiger partial charge on any atom is -0.0654 e. The standard InChI is InChI=1S/C18H38/c1-7-9-12-18(8-2)13-10-11-16(5)14-17(6)15(3)4/h15-18H,7-14H2,1-6H3. The Kier molecular flexibility index (Phi) is 10.9. The second kappa shape index (κ2) is 10.9. The lowest BCUT2D eigenvalue weighted by atomic mass is 9.85. The van der Waals surface area contributed by atoms with E-state index in [1.54, 1.807) is 0 Å². The van der Waals surface area contributed by atoms with Gasteiger partial charge < -0.3 is 0 Å². The van der Waals surface area contributed by atoms with E-state index in [9.17, 15) is 0 Å². The van der Waals surface area contributed by atoms with Crippen LogP contribution < -0.4 is 0 Å². The Morgan fingerprint density at radius 1 is 0.778 bits per heavy atom. The van der Waals surface area contributed by atoms with Gasteiger partial charge in [0.2, 0.25) is 0 Å². The van der Waals surface area contributed by atoms with E-state index in [2.05, 4.69) is 41.5 Å². The second-order valence-electron chi connectivity index (χ2n) is 6.91. The molecule has 0 N–H and O–H groups in total. The van der Waals surface area contributed by atoms with Gasteiger partial charge in [-0.25, -0.2) is 0 Å². The maximum absolute atomic E-state index is 2.45. The number of rotatable bonds is 11. The lowest BCUT2D eigenvalue weighted by Crippen LogP contribution is -2.09. The quantitative estimate of drug-likeness (QED) is 0.385. The molecule has 0 nitrogen and oxygen atoms in total. The van der Waals surface area contributed by atoms with Crippen LogP contribution in [0.25, 0.3) is 0 Å². The highest BCUT2D eigenvalue weighted by molar-refractivity contribution is 4.64. The molecule has 110 valence electrons. The Morgan fingerprint density at radius 2 is 1.39 bits per heavy atom. The SMILES string of the molecule is CCCCC(CC)CCCC(C)CC(C)C(C)C. The van der Waals surface area contributed by atoms with E-state index in [1.807, 2.05) is 0 Å². The van der Waals surface area contributed by atoms with Crippen LogP contribution in [0.5, 0.6) is 0 Å². The zero-order chi connectivity index (χ0) is 14.0. The van der Waals surface area contributed by atoms with Crippen molar-refractivity contribution >= 4 is 0 Å². The molecule has 0 amide bonds. The molecule has 0 bridgehead atoms. The molecule has 0 fully saturated rings. The Bertz CT molecular complexity index is 171. The Morgan fingerprint density at radius 3 is 1.89 bits per heavy atom. The van der Waals surface area contributed by atoms with Gasteiger partial charge in [0.15, 0.2) is 0 Å². The van der Waals surface area contributed by atoms with Gasteiger partial charge in [0.05, 0.1) is 0 Å². The van der Waals surface area contributed by atoms with Crippen molar-refractivity contribution in [2.75, 3.05) is 0 Å². The fraction of sp³-hybridized carbons (Fsp3) is 1.00. The van der Waals surface area contributed by atoms with E-state index in [0.29, 0.717) is 0 Å². The molecule has 0 radical (unpaired) electrons. The second-order valence-corrected chi connectivity index (χ2v) is 6.91. The molecule has 0 aromatic heterocycles. The van der Waals surface area contributed by atoms with Crippen LogP contribution in [-0.2, 0) is 0 Å². The molecule has 0 aromatic rings. The Labute approximate surface area is 117 Å². The normalized spacial score (nSPS) is 16.8. The topological polar surface area (TPSA) is 0 Å². The third-order valence-corrected chi connectivity index (χ3v) is 4.76. The fourth-order valence-corrected chi connectivity index (χ4v) is 2.83. The molecule has 0 heterocycles. The van der Waals surface area contributed by atoms with Crippen molar-refractivity contribution in [2.45, 2.75) is 92.9 Å². The zero-order valence-electron chi connectivity index (χ0n) is 14.0. The summed E-state index contributed by atoms with van der Waals surface area (Å²) in [6.07, 6.45) is 11.4. The lowest BCUT2D eigenvalue weighted by molar-refractivity contribution is 0.306. The largest absolute Gasteiger partial charge is 0.0654 e. The first-order chi connectivity index (χ1) is 8.51. The van der Waals surface area contributed by atoms with E-state index < -0.39 is 0 Å². The monoisotopic (exact) mass is 254 g/mol. The van der Waals surface area contributed by atoms with Gasteiger partial charge in [-0.15, -0.1) is 0 Å². The molecule has 0 aliphatic carbocycles. The molecule has 18 heavy (non-hydrogen) atoms. The molecule has 0 aliphatic heterocycles. The average molecular weight is 255 g/mol. The molecule has 3 atom stereocenters. The number of hydrogen-bond acceptors (Lipinski definition) is 0. The van der Waals surface area contributed by atoms with Crippen molar-refractivity contribution in [3.63, 3.8) is 0 Å². The first-order valence-corrected chi connectivity index (χ1v) is 8.51. The maximum atomic E-state index is 2.45. The number of unbranched alkanes of at least 4 members (excludes halogenated alkanes) is 1. The van der Waals surface area contributed by atoms with Crippen LogP contribution in [0, 0.1) is 23.7 Å². The highest BCUT2D eigenvalue weighted by atomic mass is 14.2. The summed E-state index contributed by atoms with van der Waals surface area (Å²) in [7, 11) is 0. The summed E-state index contributed by atoms with van der Waals surface area (Å²) in [6, 6.07) is 0. The van der Waals surface area contributed by atoms with Gasteiger partial charge >= 0.3 is 0 Å². The van der Waals surface area contributed by atoms with Gasteiger partial charge in [-0.1, -0.05) is 86.5 Å². The van der Waals surface area contributed by atoms with E-state index in [-0.39, 0.29) is 0 Å². The van der Waals surface area contributed by atoms with Gasteiger partial charge in [0.1, 0.15) is 0 Å². The highest BCUT2D eigenvalue weighted by Gasteiger charge is 2.13. The van der Waals surface area contributed by atoms with Crippen LogP contribution in [0.2, 0.25) is 0 Å². The molecule has 0 heteroatoms. The smallest absolute Gasteiger partial charge is 0.0417 e. The molecule has 3 unspecified atom stereocenters. The van der Waals surface area contributed by atoms with Gasteiger partial charge in [-0.2, -0.15) is 0 Å². The molecule has 0 saturated heterocycles. The number of hydrogen-bond donors (Lipinski definition) is 0. The van der Waals surface area contributed by atoms with Crippen molar-refractivity contribution in [1.82, 2.24) is 0 Å². The van der Waals surface area contributed by atoms with E-state index in [0.717, 1.165) is 23.7 Å². The minimum atomic E-state index is 0.848. The first kappa shape index (κ1) is 18.0. The van der Waals surface area contributed by atoms with Crippen molar-refractivity contribution in [1.29, 1.82) is 0 Å². The summed E-state index contributed by atoms with van der Waals surface area (Å²) in [5.41, 5.74) is 0. The van der Waals surface area contributed by atoms with Crippen LogP contribution in [0.1, 0.15) is 92.9 Å². The zero-order valence-corrected chi connectivity index (χ0v) is 14.0. The van der Waals surface area contributed by atoms with Crippen molar-refractivity contribution < 1.29 is 0 Å². The molecule has 0 aliphatic rings. The highest BCUT2D eigenvalue weighted by Crippen LogP contribution is 2.25. The fourth-order valence-electron chi connectivity index (χ4n) is 2.83. The predicted octanol–water partition coefficient (Wildman–Crippen LogP) is 6.69. The van der Waals surface area contributed by atoms with Gasteiger partial charge in [-0.05, 0) is 30.1 Å². The summed E-state index contributed by atoms with van der Waals surface area (Å²) >= 11 is 0. The van der Waals surface area contributed by atoms with E-state index in [4.69, 9.17) is 0 Å². The summed E-state index contributed by atoms with van der Waals surface area (Å²) in [5.74, 6) is 3.66. The van der Waals surface area contributed by atoms with Crippen LogP contribution in [0.3, 0.4) is 0 Å². The third kappa shape index (κ3) is 9.00. The Hall–Kier alpha value is 0. The van der Waals surface area contributed by atoms with Gasteiger partial charge in [0.25, 0.3) is 0 Å². The summed E-state index contributed by atoms with van der Waals surface area (Å²) in [6.45, 7) is 14.3. The van der Waals surface area contributed by atoms with Gasteiger partial charge in [0, 0.05) is 0 Å². The van der Waals surface area contributed by atoms with Crippen LogP contribution >= 0.6 is 0 Å².